The van der Waals surface area contributed by atoms with Crippen LogP contribution in [0.1, 0.15) is 64.5 Å². The molecule has 0 spiro atoms. The summed E-state index contributed by atoms with van der Waals surface area (Å²) in [6.45, 7) is 9.87. The molecule has 2 amide bonds. The fourth-order valence-electron chi connectivity index (χ4n) is 3.53. The van der Waals surface area contributed by atoms with Crippen molar-refractivity contribution in [2.75, 3.05) is 6.61 Å². The molecule has 7 heteroatoms. The predicted octanol–water partition coefficient (Wildman–Crippen LogP) is 6.22. The van der Waals surface area contributed by atoms with Crippen LogP contribution in [0.15, 0.2) is 42.5 Å². The lowest BCUT2D eigenvalue weighted by Crippen LogP contribution is -2.51. The Morgan fingerprint density at radius 2 is 1.61 bits per heavy atom. The summed E-state index contributed by atoms with van der Waals surface area (Å²) in [4.78, 5) is 28.0. The van der Waals surface area contributed by atoms with Gasteiger partial charge in [-0.15, -0.1) is 0 Å². The molecule has 0 aromatic heterocycles. The number of para-hydroxylation sites is 1. The largest absolute Gasteiger partial charge is 0.483 e. The molecule has 2 aromatic rings. The first-order chi connectivity index (χ1) is 15.7. The Hall–Kier alpha value is -2.24. The maximum Gasteiger partial charge on any atom is 0.261 e. The van der Waals surface area contributed by atoms with Crippen molar-refractivity contribution in [3.63, 3.8) is 0 Å². The molecule has 2 aromatic carbocycles. The maximum absolute atomic E-state index is 13.4. The van der Waals surface area contributed by atoms with Crippen molar-refractivity contribution in [3.05, 3.63) is 63.6 Å². The summed E-state index contributed by atoms with van der Waals surface area (Å²) in [5.41, 5.74) is 1.62. The summed E-state index contributed by atoms with van der Waals surface area (Å²) in [6.07, 6.45) is 1.24. The first kappa shape index (κ1) is 27.0. The zero-order valence-corrected chi connectivity index (χ0v) is 21.5. The minimum Gasteiger partial charge on any atom is -0.483 e. The van der Waals surface area contributed by atoms with E-state index in [0.29, 0.717) is 27.8 Å². The Morgan fingerprint density at radius 1 is 0.970 bits per heavy atom. The predicted molar refractivity (Wildman–Crippen MR) is 135 cm³/mol. The number of rotatable bonds is 11. The molecular formula is C26H34Cl2N2O3. The molecule has 0 fully saturated rings. The molecule has 0 heterocycles. The van der Waals surface area contributed by atoms with Gasteiger partial charge in [0.15, 0.2) is 6.61 Å². The second-order valence-corrected chi connectivity index (χ2v) is 9.26. The zero-order valence-electron chi connectivity index (χ0n) is 20.0. The molecule has 0 aliphatic heterocycles. The number of ether oxygens (including phenoxy) is 1. The van der Waals surface area contributed by atoms with Gasteiger partial charge in [-0.2, -0.15) is 0 Å². The Bertz CT molecular complexity index is 929. The van der Waals surface area contributed by atoms with E-state index in [1.165, 1.54) is 4.90 Å². The standard InChI is InChI=1S/C26H34Cl2N2O3/c1-6-18(5)29-26(32)23(7-2)30(15-20-21(27)12-10-13-22(20)28)25(31)16-33-24-14-9-8-11-19(24)17(3)4/h8-14,17-18,23H,6-7,15-16H2,1-5H3,(H,29,32)/t18-,23+/m0/s1. The number of carbonyl (C=O) groups is 2. The van der Waals surface area contributed by atoms with E-state index in [2.05, 4.69) is 19.2 Å². The third-order valence-corrected chi connectivity index (χ3v) is 6.38. The lowest BCUT2D eigenvalue weighted by atomic mass is 10.0. The van der Waals surface area contributed by atoms with Crippen molar-refractivity contribution in [1.82, 2.24) is 10.2 Å². The molecule has 0 saturated heterocycles. The van der Waals surface area contributed by atoms with Crippen LogP contribution in [0.3, 0.4) is 0 Å². The van der Waals surface area contributed by atoms with Gasteiger partial charge in [-0.1, -0.05) is 75.2 Å². The minimum absolute atomic E-state index is 0.00146. The number of carbonyl (C=O) groups excluding carboxylic acids is 2. The molecule has 5 nitrogen and oxygen atoms in total. The topological polar surface area (TPSA) is 58.6 Å². The normalized spacial score (nSPS) is 12.8. The molecule has 0 radical (unpaired) electrons. The molecule has 180 valence electrons. The maximum atomic E-state index is 13.4. The van der Waals surface area contributed by atoms with Gasteiger partial charge < -0.3 is 15.0 Å². The van der Waals surface area contributed by atoms with Crippen LogP contribution >= 0.6 is 23.2 Å². The van der Waals surface area contributed by atoms with E-state index in [1.807, 2.05) is 45.0 Å². The number of nitrogens with zero attached hydrogens (tertiary/aromatic N) is 1. The number of hydrogen-bond donors (Lipinski definition) is 1. The third-order valence-electron chi connectivity index (χ3n) is 5.67. The quantitative estimate of drug-likeness (QED) is 0.405. The number of halogens is 2. The van der Waals surface area contributed by atoms with Crippen molar-refractivity contribution in [2.45, 2.75) is 72.0 Å². The molecule has 2 atom stereocenters. The van der Waals surface area contributed by atoms with Crippen LogP contribution in [0.4, 0.5) is 0 Å². The average molecular weight is 493 g/mol. The molecular weight excluding hydrogens is 459 g/mol. The highest BCUT2D eigenvalue weighted by Crippen LogP contribution is 2.28. The third kappa shape index (κ3) is 7.38. The van der Waals surface area contributed by atoms with Crippen molar-refractivity contribution in [3.8, 4) is 5.75 Å². The number of nitrogens with one attached hydrogen (secondary N) is 1. The van der Waals surface area contributed by atoms with E-state index in [-0.39, 0.29) is 36.9 Å². The number of benzene rings is 2. The van der Waals surface area contributed by atoms with Gasteiger partial charge >= 0.3 is 0 Å². The first-order valence-corrected chi connectivity index (χ1v) is 12.2. The van der Waals surface area contributed by atoms with Gasteiger partial charge in [-0.25, -0.2) is 0 Å². The molecule has 0 unspecified atom stereocenters. The Labute approximate surface area is 207 Å². The highest BCUT2D eigenvalue weighted by atomic mass is 35.5. The van der Waals surface area contributed by atoms with Crippen LogP contribution < -0.4 is 10.1 Å². The van der Waals surface area contributed by atoms with Crippen molar-refractivity contribution < 1.29 is 14.3 Å². The smallest absolute Gasteiger partial charge is 0.261 e. The van der Waals surface area contributed by atoms with Crippen LogP contribution in [-0.2, 0) is 16.1 Å². The van der Waals surface area contributed by atoms with Crippen LogP contribution in [0.5, 0.6) is 5.75 Å². The molecule has 0 aliphatic carbocycles. The first-order valence-electron chi connectivity index (χ1n) is 11.4. The van der Waals surface area contributed by atoms with Crippen LogP contribution in [-0.4, -0.2) is 35.4 Å². The van der Waals surface area contributed by atoms with Gasteiger partial charge in [-0.3, -0.25) is 9.59 Å². The second-order valence-electron chi connectivity index (χ2n) is 8.44. The van der Waals surface area contributed by atoms with Gasteiger partial charge in [-0.05, 0) is 49.4 Å². The summed E-state index contributed by atoms with van der Waals surface area (Å²) in [6, 6.07) is 12.2. The van der Waals surface area contributed by atoms with E-state index in [9.17, 15) is 9.59 Å². The highest BCUT2D eigenvalue weighted by molar-refractivity contribution is 6.36. The van der Waals surface area contributed by atoms with E-state index >= 15 is 0 Å². The lowest BCUT2D eigenvalue weighted by Gasteiger charge is -2.32. The average Bonchev–Trinajstić information content (AvgIpc) is 2.79. The number of amides is 2. The van der Waals surface area contributed by atoms with E-state index in [0.717, 1.165) is 12.0 Å². The van der Waals surface area contributed by atoms with Crippen LogP contribution in [0, 0.1) is 0 Å². The van der Waals surface area contributed by atoms with Crippen molar-refractivity contribution >= 4 is 35.0 Å². The van der Waals surface area contributed by atoms with Crippen molar-refractivity contribution in [2.24, 2.45) is 0 Å². The summed E-state index contributed by atoms with van der Waals surface area (Å²) in [5, 5.41) is 3.88. The van der Waals surface area contributed by atoms with Gasteiger partial charge in [0.2, 0.25) is 5.91 Å². The molecule has 1 N–H and O–H groups in total. The van der Waals surface area contributed by atoms with E-state index < -0.39 is 6.04 Å². The summed E-state index contributed by atoms with van der Waals surface area (Å²) >= 11 is 12.8. The van der Waals surface area contributed by atoms with Crippen LogP contribution in [0.2, 0.25) is 10.0 Å². The Kier molecular flexibility index (Phi) is 10.5. The SMILES string of the molecule is CC[C@H](C(=O)N[C@@H](C)CC)N(Cc1c(Cl)cccc1Cl)C(=O)COc1ccccc1C(C)C. The fourth-order valence-corrected chi connectivity index (χ4v) is 4.04. The van der Waals surface area contributed by atoms with Gasteiger partial charge in [0, 0.05) is 28.2 Å². The summed E-state index contributed by atoms with van der Waals surface area (Å²) < 4.78 is 5.93. The highest BCUT2D eigenvalue weighted by Gasteiger charge is 2.30. The monoisotopic (exact) mass is 492 g/mol. The molecule has 0 aliphatic rings. The lowest BCUT2D eigenvalue weighted by molar-refractivity contribution is -0.143. The molecule has 0 saturated carbocycles. The Morgan fingerprint density at radius 3 is 2.18 bits per heavy atom. The van der Waals surface area contributed by atoms with Crippen LogP contribution in [0.25, 0.3) is 0 Å². The van der Waals surface area contributed by atoms with E-state index in [1.54, 1.807) is 18.2 Å². The zero-order chi connectivity index (χ0) is 24.5. The van der Waals surface area contributed by atoms with Gasteiger partial charge in [0.1, 0.15) is 11.8 Å². The molecule has 33 heavy (non-hydrogen) atoms. The van der Waals surface area contributed by atoms with E-state index in [4.69, 9.17) is 27.9 Å². The summed E-state index contributed by atoms with van der Waals surface area (Å²) in [5.74, 6) is 0.398. The number of hydrogen-bond acceptors (Lipinski definition) is 3. The van der Waals surface area contributed by atoms with Gasteiger partial charge in [0.25, 0.3) is 5.91 Å². The van der Waals surface area contributed by atoms with Gasteiger partial charge in [0.05, 0.1) is 0 Å². The minimum atomic E-state index is -0.678. The molecule has 0 bridgehead atoms. The van der Waals surface area contributed by atoms with Crippen molar-refractivity contribution in [1.29, 1.82) is 0 Å². The Balaban J connectivity index is 2.32. The molecule has 2 rings (SSSR count). The summed E-state index contributed by atoms with van der Waals surface area (Å²) in [7, 11) is 0. The second kappa shape index (κ2) is 12.9. The fraction of sp³-hybridized carbons (Fsp3) is 0.462.